The van der Waals surface area contributed by atoms with Gasteiger partial charge < -0.3 is 19.6 Å². The lowest BCUT2D eigenvalue weighted by Crippen LogP contribution is -2.18. The van der Waals surface area contributed by atoms with E-state index in [2.05, 4.69) is 15.5 Å². The van der Waals surface area contributed by atoms with E-state index >= 15 is 0 Å². The predicted molar refractivity (Wildman–Crippen MR) is 81.7 cm³/mol. The third-order valence-corrected chi connectivity index (χ3v) is 3.41. The number of aromatic amines is 1. The van der Waals surface area contributed by atoms with E-state index in [1.807, 2.05) is 18.2 Å². The van der Waals surface area contributed by atoms with Crippen LogP contribution < -0.4 is 10.1 Å². The van der Waals surface area contributed by atoms with Gasteiger partial charge in [0.25, 0.3) is 0 Å². The molecule has 0 unspecified atom stereocenters. The van der Waals surface area contributed by atoms with Gasteiger partial charge in [-0.15, -0.1) is 0 Å². The molecule has 6 nitrogen and oxygen atoms in total. The molecule has 0 saturated carbocycles. The van der Waals surface area contributed by atoms with Gasteiger partial charge in [-0.3, -0.25) is 4.79 Å². The van der Waals surface area contributed by atoms with E-state index in [9.17, 15) is 4.79 Å². The smallest absolute Gasteiger partial charge is 0.217 e. The van der Waals surface area contributed by atoms with Crippen LogP contribution in [-0.2, 0) is 17.9 Å². The van der Waals surface area contributed by atoms with Crippen LogP contribution in [0.25, 0.3) is 10.9 Å². The summed E-state index contributed by atoms with van der Waals surface area (Å²) in [6.45, 7) is 2.18. The summed E-state index contributed by atoms with van der Waals surface area (Å²) in [5.74, 6) is 1.10. The summed E-state index contributed by atoms with van der Waals surface area (Å²) in [6, 6.07) is 7.32. The molecule has 0 radical (unpaired) electrons. The van der Waals surface area contributed by atoms with Gasteiger partial charge in [-0.1, -0.05) is 16.8 Å². The number of aromatic nitrogens is 2. The van der Waals surface area contributed by atoms with E-state index in [1.54, 1.807) is 12.3 Å². The maximum absolute atomic E-state index is 11.0. The van der Waals surface area contributed by atoms with Gasteiger partial charge in [0.15, 0.2) is 5.76 Å². The second-order valence-electron chi connectivity index (χ2n) is 4.84. The summed E-state index contributed by atoms with van der Waals surface area (Å²) in [5.41, 5.74) is 1.78. The molecule has 0 saturated heterocycles. The van der Waals surface area contributed by atoms with Crippen molar-refractivity contribution in [3.63, 3.8) is 0 Å². The average Bonchev–Trinajstić information content (AvgIpc) is 3.11. The fourth-order valence-corrected chi connectivity index (χ4v) is 2.31. The van der Waals surface area contributed by atoms with Crippen LogP contribution in [0.3, 0.4) is 0 Å². The van der Waals surface area contributed by atoms with E-state index in [4.69, 9.17) is 20.9 Å². The molecule has 0 bridgehead atoms. The first kappa shape index (κ1) is 14.5. The molecule has 22 heavy (non-hydrogen) atoms. The van der Waals surface area contributed by atoms with Crippen molar-refractivity contribution in [1.82, 2.24) is 15.5 Å². The summed E-state index contributed by atoms with van der Waals surface area (Å²) < 4.78 is 10.6. The number of carbonyl (C=O) groups excluding carboxylic acids is 1. The zero-order valence-electron chi connectivity index (χ0n) is 11.9. The molecule has 1 amide bonds. The average molecular weight is 320 g/mol. The summed E-state index contributed by atoms with van der Waals surface area (Å²) in [5, 5.41) is 7.83. The van der Waals surface area contributed by atoms with Crippen molar-refractivity contribution in [2.45, 2.75) is 20.1 Å². The number of amides is 1. The van der Waals surface area contributed by atoms with Crippen LogP contribution >= 0.6 is 11.6 Å². The Bertz CT molecular complexity index is 796. The van der Waals surface area contributed by atoms with Crippen molar-refractivity contribution in [2.75, 3.05) is 0 Å². The fourth-order valence-electron chi connectivity index (χ4n) is 2.08. The SMILES string of the molecule is CC(=O)NCc1cc2cc(Cl)c(OCc3ccno3)cc2[nH]1. The van der Waals surface area contributed by atoms with Crippen molar-refractivity contribution in [3.8, 4) is 5.75 Å². The monoisotopic (exact) mass is 319 g/mol. The normalized spacial score (nSPS) is 10.8. The van der Waals surface area contributed by atoms with Crippen LogP contribution in [0, 0.1) is 0 Å². The number of halogens is 1. The number of nitrogens with one attached hydrogen (secondary N) is 2. The number of ether oxygens (including phenoxy) is 1. The molecular weight excluding hydrogens is 306 g/mol. The molecule has 0 aliphatic carbocycles. The Balaban J connectivity index is 1.79. The largest absolute Gasteiger partial charge is 0.484 e. The number of H-pyrrole nitrogens is 1. The molecule has 0 atom stereocenters. The zero-order chi connectivity index (χ0) is 15.5. The van der Waals surface area contributed by atoms with Gasteiger partial charge in [0.1, 0.15) is 12.4 Å². The summed E-state index contributed by atoms with van der Waals surface area (Å²) in [7, 11) is 0. The molecule has 2 N–H and O–H groups in total. The van der Waals surface area contributed by atoms with Gasteiger partial charge >= 0.3 is 0 Å². The second kappa shape index (κ2) is 6.11. The van der Waals surface area contributed by atoms with Crippen LogP contribution in [-0.4, -0.2) is 16.0 Å². The standard InChI is InChI=1S/C15H14ClN3O3/c1-9(20)17-7-11-4-10-5-13(16)15(6-14(10)19-11)21-8-12-2-3-18-22-12/h2-6,19H,7-8H2,1H3,(H,17,20). The topological polar surface area (TPSA) is 80.2 Å². The Kier molecular flexibility index (Phi) is 4.02. The number of benzene rings is 1. The molecule has 2 aromatic heterocycles. The van der Waals surface area contributed by atoms with Crippen LogP contribution in [0.5, 0.6) is 5.75 Å². The van der Waals surface area contributed by atoms with Crippen molar-refractivity contribution in [1.29, 1.82) is 0 Å². The van der Waals surface area contributed by atoms with Crippen molar-refractivity contribution < 1.29 is 14.1 Å². The van der Waals surface area contributed by atoms with Crippen LogP contribution in [0.1, 0.15) is 18.4 Å². The van der Waals surface area contributed by atoms with Gasteiger partial charge in [-0.2, -0.15) is 0 Å². The Labute approximate surface area is 131 Å². The lowest BCUT2D eigenvalue weighted by atomic mass is 10.2. The van der Waals surface area contributed by atoms with Gasteiger partial charge in [-0.25, -0.2) is 0 Å². The van der Waals surface area contributed by atoms with Crippen LogP contribution in [0.15, 0.2) is 35.0 Å². The van der Waals surface area contributed by atoms with E-state index < -0.39 is 0 Å². The number of hydrogen-bond donors (Lipinski definition) is 2. The molecular formula is C15H14ClN3O3. The second-order valence-corrected chi connectivity index (χ2v) is 5.25. The molecule has 0 aliphatic rings. The molecule has 0 aliphatic heterocycles. The van der Waals surface area contributed by atoms with Gasteiger partial charge in [0, 0.05) is 35.7 Å². The number of fused-ring (bicyclic) bond motifs is 1. The first-order valence-electron chi connectivity index (χ1n) is 6.70. The molecule has 3 aromatic rings. The van der Waals surface area contributed by atoms with Gasteiger partial charge in [-0.05, 0) is 12.1 Å². The highest BCUT2D eigenvalue weighted by atomic mass is 35.5. The molecule has 0 spiro atoms. The first-order chi connectivity index (χ1) is 10.6. The number of hydrogen-bond acceptors (Lipinski definition) is 4. The van der Waals surface area contributed by atoms with Gasteiger partial charge in [0.2, 0.25) is 5.91 Å². The first-order valence-corrected chi connectivity index (χ1v) is 7.07. The highest BCUT2D eigenvalue weighted by Gasteiger charge is 2.09. The quantitative estimate of drug-likeness (QED) is 0.757. The number of carbonyl (C=O) groups is 1. The third kappa shape index (κ3) is 3.23. The molecule has 1 aromatic carbocycles. The lowest BCUT2D eigenvalue weighted by Gasteiger charge is -2.06. The maximum atomic E-state index is 11.0. The van der Waals surface area contributed by atoms with Crippen LogP contribution in [0.2, 0.25) is 5.02 Å². The minimum absolute atomic E-state index is 0.0761. The van der Waals surface area contributed by atoms with E-state index in [1.165, 1.54) is 6.92 Å². The number of rotatable bonds is 5. The minimum Gasteiger partial charge on any atom is -0.484 e. The van der Waals surface area contributed by atoms with Crippen molar-refractivity contribution in [2.24, 2.45) is 0 Å². The fraction of sp³-hybridized carbons (Fsp3) is 0.200. The molecule has 7 heteroatoms. The molecule has 0 fully saturated rings. The Hall–Kier alpha value is -2.47. The third-order valence-electron chi connectivity index (χ3n) is 3.12. The zero-order valence-corrected chi connectivity index (χ0v) is 12.6. The van der Waals surface area contributed by atoms with E-state index in [0.29, 0.717) is 23.1 Å². The van der Waals surface area contributed by atoms with Gasteiger partial charge in [0.05, 0.1) is 17.8 Å². The summed E-state index contributed by atoms with van der Waals surface area (Å²) in [4.78, 5) is 14.2. The van der Waals surface area contributed by atoms with Crippen molar-refractivity contribution in [3.05, 3.63) is 46.9 Å². The molecule has 2 heterocycles. The minimum atomic E-state index is -0.0761. The Morgan fingerprint density at radius 3 is 3.05 bits per heavy atom. The summed E-state index contributed by atoms with van der Waals surface area (Å²) >= 11 is 6.23. The van der Waals surface area contributed by atoms with Crippen molar-refractivity contribution >= 4 is 28.4 Å². The molecule has 3 rings (SSSR count). The Morgan fingerprint density at radius 2 is 2.32 bits per heavy atom. The summed E-state index contributed by atoms with van der Waals surface area (Å²) in [6.07, 6.45) is 1.56. The van der Waals surface area contributed by atoms with E-state index in [-0.39, 0.29) is 12.5 Å². The highest BCUT2D eigenvalue weighted by molar-refractivity contribution is 6.32. The number of nitrogens with zero attached hydrogens (tertiary/aromatic N) is 1. The van der Waals surface area contributed by atoms with Crippen LogP contribution in [0.4, 0.5) is 0 Å². The molecule has 114 valence electrons. The lowest BCUT2D eigenvalue weighted by molar-refractivity contribution is -0.119. The van der Waals surface area contributed by atoms with E-state index in [0.717, 1.165) is 16.6 Å². The highest BCUT2D eigenvalue weighted by Crippen LogP contribution is 2.31. The maximum Gasteiger partial charge on any atom is 0.217 e. The predicted octanol–water partition coefficient (Wildman–Crippen LogP) is 3.02. The Morgan fingerprint density at radius 1 is 1.45 bits per heavy atom.